The van der Waals surface area contributed by atoms with Crippen LogP contribution in [0.1, 0.15) is 16.2 Å². The standard InChI is InChI=1S/C19H18ClFN6O4/c1-26-23-17(22-25-26)18(29)24-27(10-16(28)19(30)31)9-11-2-4-12(5-3-11)14-8-13(20)6-7-15(14)21/h2-8,16,28H,9-10H2,1H3,(H,24,29)(H,30,31)/t16-/m1/s1. The Morgan fingerprint density at radius 3 is 2.58 bits per heavy atom. The number of aryl methyl sites for hydroxylation is 1. The molecule has 1 atom stereocenters. The number of halogens is 2. The van der Waals surface area contributed by atoms with Crippen LogP contribution in [0.25, 0.3) is 11.1 Å². The molecular formula is C19H18ClFN6O4. The fourth-order valence-electron chi connectivity index (χ4n) is 2.73. The van der Waals surface area contributed by atoms with Crippen LogP contribution in [0.3, 0.4) is 0 Å². The maximum Gasteiger partial charge on any atom is 0.333 e. The van der Waals surface area contributed by atoms with E-state index in [0.717, 1.165) is 4.80 Å². The van der Waals surface area contributed by atoms with Crippen LogP contribution in [0.15, 0.2) is 42.5 Å². The topological polar surface area (TPSA) is 133 Å². The van der Waals surface area contributed by atoms with Crippen molar-refractivity contribution in [1.29, 1.82) is 0 Å². The van der Waals surface area contributed by atoms with E-state index in [0.29, 0.717) is 21.7 Å². The molecule has 0 fully saturated rings. The van der Waals surface area contributed by atoms with Gasteiger partial charge in [0.05, 0.1) is 13.6 Å². The van der Waals surface area contributed by atoms with Gasteiger partial charge in [-0.05, 0) is 34.5 Å². The number of nitrogens with zero attached hydrogens (tertiary/aromatic N) is 5. The van der Waals surface area contributed by atoms with Gasteiger partial charge in [-0.2, -0.15) is 4.80 Å². The number of carbonyl (C=O) groups is 2. The molecule has 0 bridgehead atoms. The SMILES string of the molecule is Cn1nnc(C(=O)NN(Cc2ccc(-c3cc(Cl)ccc3F)cc2)C[C@@H](O)C(=O)O)n1. The predicted molar refractivity (Wildman–Crippen MR) is 107 cm³/mol. The monoisotopic (exact) mass is 448 g/mol. The molecule has 0 radical (unpaired) electrons. The van der Waals surface area contributed by atoms with Crippen molar-refractivity contribution in [3.63, 3.8) is 0 Å². The molecule has 3 aromatic rings. The first kappa shape index (κ1) is 22.3. The minimum Gasteiger partial charge on any atom is -0.479 e. The zero-order chi connectivity index (χ0) is 22.5. The second kappa shape index (κ2) is 9.60. The van der Waals surface area contributed by atoms with Crippen LogP contribution in [0, 0.1) is 5.82 Å². The van der Waals surface area contributed by atoms with Gasteiger partial charge in [0.25, 0.3) is 5.82 Å². The van der Waals surface area contributed by atoms with E-state index >= 15 is 0 Å². The molecule has 1 aromatic heterocycles. The molecule has 0 spiro atoms. The van der Waals surface area contributed by atoms with Crippen molar-refractivity contribution in [2.24, 2.45) is 7.05 Å². The number of tetrazole rings is 1. The van der Waals surface area contributed by atoms with Crippen LogP contribution >= 0.6 is 11.6 Å². The number of aliphatic hydroxyl groups excluding tert-OH is 1. The second-order valence-corrected chi connectivity index (χ2v) is 7.04. The van der Waals surface area contributed by atoms with E-state index < -0.39 is 30.3 Å². The number of carboxylic acid groups (broad SMARTS) is 1. The third-order valence-electron chi connectivity index (χ3n) is 4.22. The largest absolute Gasteiger partial charge is 0.479 e. The van der Waals surface area contributed by atoms with E-state index in [1.165, 1.54) is 30.3 Å². The van der Waals surface area contributed by atoms with Crippen molar-refractivity contribution < 1.29 is 24.2 Å². The maximum atomic E-state index is 14.1. The van der Waals surface area contributed by atoms with E-state index in [9.17, 15) is 19.1 Å². The van der Waals surface area contributed by atoms with Gasteiger partial charge in [0.15, 0.2) is 6.10 Å². The fraction of sp³-hybridized carbons (Fsp3) is 0.211. The second-order valence-electron chi connectivity index (χ2n) is 6.60. The van der Waals surface area contributed by atoms with Gasteiger partial charge in [-0.15, -0.1) is 10.2 Å². The lowest BCUT2D eigenvalue weighted by Crippen LogP contribution is -2.47. The van der Waals surface area contributed by atoms with Crippen molar-refractivity contribution in [2.75, 3.05) is 6.54 Å². The maximum absolute atomic E-state index is 14.1. The minimum absolute atomic E-state index is 0.0502. The molecule has 0 saturated heterocycles. The van der Waals surface area contributed by atoms with Gasteiger partial charge in [-0.3, -0.25) is 10.2 Å². The average molecular weight is 449 g/mol. The number of aromatic nitrogens is 4. The number of rotatable bonds is 8. The van der Waals surface area contributed by atoms with Crippen molar-refractivity contribution in [1.82, 2.24) is 30.6 Å². The van der Waals surface area contributed by atoms with E-state index in [2.05, 4.69) is 20.8 Å². The molecule has 0 aliphatic heterocycles. The molecule has 10 nitrogen and oxygen atoms in total. The number of carboxylic acids is 1. The zero-order valence-corrected chi connectivity index (χ0v) is 17.0. The molecule has 2 aromatic carbocycles. The molecule has 31 heavy (non-hydrogen) atoms. The highest BCUT2D eigenvalue weighted by Crippen LogP contribution is 2.26. The lowest BCUT2D eigenvalue weighted by Gasteiger charge is -2.24. The van der Waals surface area contributed by atoms with Crippen LogP contribution in [0.5, 0.6) is 0 Å². The first-order valence-electron chi connectivity index (χ1n) is 8.98. The Morgan fingerprint density at radius 1 is 1.26 bits per heavy atom. The Balaban J connectivity index is 1.77. The smallest absolute Gasteiger partial charge is 0.333 e. The molecule has 0 aliphatic rings. The molecule has 0 saturated carbocycles. The normalized spacial score (nSPS) is 12.0. The van der Waals surface area contributed by atoms with Crippen LogP contribution in [0.2, 0.25) is 5.02 Å². The van der Waals surface area contributed by atoms with Crippen molar-refractivity contribution in [3.05, 3.63) is 64.7 Å². The van der Waals surface area contributed by atoms with Gasteiger partial charge in [0, 0.05) is 17.1 Å². The Labute approximate surface area is 180 Å². The number of aliphatic hydroxyl groups is 1. The van der Waals surface area contributed by atoms with Gasteiger partial charge in [0.2, 0.25) is 0 Å². The summed E-state index contributed by atoms with van der Waals surface area (Å²) in [7, 11) is 1.49. The number of hydrogen-bond acceptors (Lipinski definition) is 7. The summed E-state index contributed by atoms with van der Waals surface area (Å²) in [4.78, 5) is 24.4. The highest BCUT2D eigenvalue weighted by molar-refractivity contribution is 6.30. The van der Waals surface area contributed by atoms with Gasteiger partial charge in [-0.1, -0.05) is 35.9 Å². The summed E-state index contributed by atoms with van der Waals surface area (Å²) in [5.41, 5.74) is 4.05. The number of hydrazine groups is 1. The van der Waals surface area contributed by atoms with E-state index in [-0.39, 0.29) is 12.4 Å². The third kappa shape index (κ3) is 5.81. The van der Waals surface area contributed by atoms with Crippen LogP contribution in [0.4, 0.5) is 4.39 Å². The van der Waals surface area contributed by atoms with E-state index in [1.807, 2.05) is 0 Å². The van der Waals surface area contributed by atoms with Gasteiger partial charge in [0.1, 0.15) is 5.82 Å². The van der Waals surface area contributed by atoms with Crippen LogP contribution in [-0.4, -0.2) is 60.0 Å². The number of hydrogen-bond donors (Lipinski definition) is 3. The van der Waals surface area contributed by atoms with Gasteiger partial charge >= 0.3 is 11.9 Å². The number of nitrogens with one attached hydrogen (secondary N) is 1. The molecule has 162 valence electrons. The molecule has 0 unspecified atom stereocenters. The molecule has 1 amide bonds. The number of carbonyl (C=O) groups excluding carboxylic acids is 1. The fourth-order valence-corrected chi connectivity index (χ4v) is 2.91. The van der Waals surface area contributed by atoms with Crippen molar-refractivity contribution in [3.8, 4) is 11.1 Å². The van der Waals surface area contributed by atoms with Crippen molar-refractivity contribution in [2.45, 2.75) is 12.6 Å². The first-order valence-corrected chi connectivity index (χ1v) is 9.36. The van der Waals surface area contributed by atoms with Crippen molar-refractivity contribution >= 4 is 23.5 Å². The Kier molecular flexibility index (Phi) is 6.90. The molecule has 3 N–H and O–H groups in total. The van der Waals surface area contributed by atoms with Crippen LogP contribution in [-0.2, 0) is 18.4 Å². The Bertz CT molecular complexity index is 1090. The molecule has 3 rings (SSSR count). The predicted octanol–water partition coefficient (Wildman–Crippen LogP) is 1.26. The number of aliphatic carboxylic acids is 1. The lowest BCUT2D eigenvalue weighted by atomic mass is 10.0. The quantitative estimate of drug-likeness (QED) is 0.438. The molecule has 12 heteroatoms. The first-order chi connectivity index (χ1) is 14.7. The number of benzene rings is 2. The molecule has 0 aliphatic carbocycles. The summed E-state index contributed by atoms with van der Waals surface area (Å²) in [6.07, 6.45) is -1.74. The summed E-state index contributed by atoms with van der Waals surface area (Å²) in [5, 5.41) is 31.2. The van der Waals surface area contributed by atoms with Crippen LogP contribution < -0.4 is 5.43 Å². The minimum atomic E-state index is -1.74. The Hall–Kier alpha value is -3.41. The average Bonchev–Trinajstić information content (AvgIpc) is 3.17. The molecular weight excluding hydrogens is 431 g/mol. The Morgan fingerprint density at radius 2 is 1.97 bits per heavy atom. The zero-order valence-electron chi connectivity index (χ0n) is 16.2. The lowest BCUT2D eigenvalue weighted by molar-refractivity contribution is -0.148. The summed E-state index contributed by atoms with van der Waals surface area (Å²) in [6.45, 7) is -0.347. The van der Waals surface area contributed by atoms with E-state index in [4.69, 9.17) is 16.7 Å². The summed E-state index contributed by atoms with van der Waals surface area (Å²) >= 11 is 5.94. The molecule has 1 heterocycles. The number of amides is 1. The highest BCUT2D eigenvalue weighted by Gasteiger charge is 2.22. The highest BCUT2D eigenvalue weighted by atomic mass is 35.5. The van der Waals surface area contributed by atoms with E-state index in [1.54, 1.807) is 24.3 Å². The third-order valence-corrected chi connectivity index (χ3v) is 4.45. The summed E-state index contributed by atoms with van der Waals surface area (Å²) in [6, 6.07) is 10.9. The van der Waals surface area contributed by atoms with Gasteiger partial charge < -0.3 is 10.2 Å². The summed E-state index contributed by atoms with van der Waals surface area (Å²) < 4.78 is 14.1. The summed E-state index contributed by atoms with van der Waals surface area (Å²) in [5.74, 6) is -2.80. The van der Waals surface area contributed by atoms with Gasteiger partial charge in [-0.25, -0.2) is 14.2 Å².